The van der Waals surface area contributed by atoms with Crippen molar-refractivity contribution < 1.29 is 14.3 Å². The third-order valence-corrected chi connectivity index (χ3v) is 3.00. The first-order valence-electron chi connectivity index (χ1n) is 5.96. The average molecular weight is 311 g/mol. The maximum Gasteiger partial charge on any atom is 0.268 e. The van der Waals surface area contributed by atoms with Gasteiger partial charge in [0.1, 0.15) is 17.3 Å². The summed E-state index contributed by atoms with van der Waals surface area (Å²) in [5.74, 6) is -1.03. The molecule has 0 saturated carbocycles. The van der Waals surface area contributed by atoms with E-state index in [0.717, 1.165) is 6.07 Å². The van der Waals surface area contributed by atoms with Gasteiger partial charge in [-0.1, -0.05) is 17.7 Å². The molecule has 0 aliphatic heterocycles. The second-order valence-electron chi connectivity index (χ2n) is 4.22. The van der Waals surface area contributed by atoms with Gasteiger partial charge >= 0.3 is 0 Å². The zero-order chi connectivity index (χ0) is 15.4. The van der Waals surface area contributed by atoms with Gasteiger partial charge in [0.2, 0.25) is 0 Å². The Morgan fingerprint density at radius 2 is 2.24 bits per heavy atom. The van der Waals surface area contributed by atoms with Crippen molar-refractivity contribution in [2.24, 2.45) is 5.73 Å². The number of aliphatic hydroxyl groups is 1. The van der Waals surface area contributed by atoms with Crippen molar-refractivity contribution in [3.05, 3.63) is 52.7 Å². The standard InChI is InChI=1S/C13H12ClFN4O2/c14-8-2-1-7(3-9(8)15)11(20)5-18-12-6-17-4-10(19-12)13(16)21/h1-4,6,11,20H,5H2,(H2,16,21)(H,18,19). The first kappa shape index (κ1) is 15.1. The molecule has 8 heteroatoms. The molecular weight excluding hydrogens is 299 g/mol. The van der Waals surface area contributed by atoms with E-state index >= 15 is 0 Å². The highest BCUT2D eigenvalue weighted by molar-refractivity contribution is 6.30. The summed E-state index contributed by atoms with van der Waals surface area (Å²) < 4.78 is 13.3. The van der Waals surface area contributed by atoms with Crippen LogP contribution in [0.3, 0.4) is 0 Å². The maximum absolute atomic E-state index is 13.3. The number of amides is 1. The molecule has 0 aliphatic rings. The number of carbonyl (C=O) groups excluding carboxylic acids is 1. The largest absolute Gasteiger partial charge is 0.387 e. The number of aliphatic hydroxyl groups excluding tert-OH is 1. The normalized spacial score (nSPS) is 12.0. The second kappa shape index (κ2) is 6.47. The molecule has 1 unspecified atom stereocenters. The minimum atomic E-state index is -0.976. The number of nitrogens with one attached hydrogen (secondary N) is 1. The molecule has 0 aliphatic carbocycles. The van der Waals surface area contributed by atoms with E-state index in [9.17, 15) is 14.3 Å². The summed E-state index contributed by atoms with van der Waals surface area (Å²) in [4.78, 5) is 18.7. The van der Waals surface area contributed by atoms with Crippen molar-refractivity contribution in [1.82, 2.24) is 9.97 Å². The van der Waals surface area contributed by atoms with Gasteiger partial charge in [-0.2, -0.15) is 0 Å². The number of halogens is 2. The van der Waals surface area contributed by atoms with Crippen LogP contribution in [-0.4, -0.2) is 27.5 Å². The van der Waals surface area contributed by atoms with Crippen LogP contribution in [0.1, 0.15) is 22.2 Å². The monoisotopic (exact) mass is 310 g/mol. The van der Waals surface area contributed by atoms with Gasteiger partial charge < -0.3 is 16.2 Å². The van der Waals surface area contributed by atoms with Crippen molar-refractivity contribution in [3.8, 4) is 0 Å². The van der Waals surface area contributed by atoms with Crippen LogP contribution in [0.2, 0.25) is 5.02 Å². The lowest BCUT2D eigenvalue weighted by molar-refractivity contribution is 0.0995. The molecule has 4 N–H and O–H groups in total. The molecule has 1 aromatic carbocycles. The molecule has 0 bridgehead atoms. The number of anilines is 1. The fourth-order valence-corrected chi connectivity index (χ4v) is 1.73. The summed E-state index contributed by atoms with van der Waals surface area (Å²) in [6, 6.07) is 4.03. The van der Waals surface area contributed by atoms with Gasteiger partial charge in [0.05, 0.1) is 23.5 Å². The molecule has 0 spiro atoms. The van der Waals surface area contributed by atoms with Gasteiger partial charge in [0, 0.05) is 6.54 Å². The predicted molar refractivity (Wildman–Crippen MR) is 75.4 cm³/mol. The number of aromatic nitrogens is 2. The topological polar surface area (TPSA) is 101 Å². The van der Waals surface area contributed by atoms with E-state index in [2.05, 4.69) is 15.3 Å². The van der Waals surface area contributed by atoms with Gasteiger partial charge in [-0.3, -0.25) is 9.78 Å². The summed E-state index contributed by atoms with van der Waals surface area (Å²) in [6.07, 6.45) is 1.64. The molecule has 6 nitrogen and oxygen atoms in total. The van der Waals surface area contributed by atoms with E-state index in [0.29, 0.717) is 5.56 Å². The molecule has 2 aromatic rings. The summed E-state index contributed by atoms with van der Waals surface area (Å²) in [5.41, 5.74) is 5.46. The third kappa shape index (κ3) is 3.87. The van der Waals surface area contributed by atoms with Crippen LogP contribution < -0.4 is 11.1 Å². The molecule has 21 heavy (non-hydrogen) atoms. The van der Waals surface area contributed by atoms with E-state index in [1.54, 1.807) is 0 Å². The third-order valence-electron chi connectivity index (χ3n) is 2.69. The Hall–Kier alpha value is -2.25. The molecule has 110 valence electrons. The van der Waals surface area contributed by atoms with Gasteiger partial charge in [-0.05, 0) is 17.7 Å². The molecule has 0 radical (unpaired) electrons. The Labute approximate surface area is 124 Å². The van der Waals surface area contributed by atoms with Crippen LogP contribution >= 0.6 is 11.6 Å². The highest BCUT2D eigenvalue weighted by Crippen LogP contribution is 2.20. The van der Waals surface area contributed by atoms with E-state index in [1.807, 2.05) is 0 Å². The summed E-state index contributed by atoms with van der Waals surface area (Å²) in [6.45, 7) is 0.0535. The molecular formula is C13H12ClFN4O2. The van der Waals surface area contributed by atoms with Crippen LogP contribution in [0.15, 0.2) is 30.6 Å². The number of rotatable bonds is 5. The molecule has 0 fully saturated rings. The maximum atomic E-state index is 13.3. The molecule has 1 amide bonds. The van der Waals surface area contributed by atoms with Crippen molar-refractivity contribution in [1.29, 1.82) is 0 Å². The number of carbonyl (C=O) groups is 1. The highest BCUT2D eigenvalue weighted by atomic mass is 35.5. The van der Waals surface area contributed by atoms with Gasteiger partial charge in [-0.25, -0.2) is 9.37 Å². The van der Waals surface area contributed by atoms with E-state index < -0.39 is 17.8 Å². The summed E-state index contributed by atoms with van der Waals surface area (Å²) in [5, 5.41) is 12.7. The smallest absolute Gasteiger partial charge is 0.268 e. The lowest BCUT2D eigenvalue weighted by Crippen LogP contribution is -2.17. The number of nitrogens with two attached hydrogens (primary N) is 1. The van der Waals surface area contributed by atoms with Crippen LogP contribution in [0.4, 0.5) is 10.2 Å². The molecule has 1 heterocycles. The fourth-order valence-electron chi connectivity index (χ4n) is 1.61. The minimum absolute atomic E-state index is 0.00651. The Balaban J connectivity index is 2.03. The Morgan fingerprint density at radius 1 is 1.48 bits per heavy atom. The SMILES string of the molecule is NC(=O)c1cncc(NCC(O)c2ccc(Cl)c(F)c2)n1. The number of primary amides is 1. The van der Waals surface area contributed by atoms with Crippen molar-refractivity contribution in [3.63, 3.8) is 0 Å². The van der Waals surface area contributed by atoms with Crippen molar-refractivity contribution >= 4 is 23.3 Å². The van der Waals surface area contributed by atoms with Crippen molar-refractivity contribution in [2.45, 2.75) is 6.10 Å². The zero-order valence-corrected chi connectivity index (χ0v) is 11.5. The Morgan fingerprint density at radius 3 is 2.90 bits per heavy atom. The molecule has 2 rings (SSSR count). The average Bonchev–Trinajstić information content (AvgIpc) is 2.48. The number of hydrogen-bond donors (Lipinski definition) is 3. The van der Waals surface area contributed by atoms with Crippen LogP contribution in [0, 0.1) is 5.82 Å². The van der Waals surface area contributed by atoms with E-state index in [4.69, 9.17) is 17.3 Å². The first-order chi connectivity index (χ1) is 9.97. The van der Waals surface area contributed by atoms with Crippen LogP contribution in [0.5, 0.6) is 0 Å². The van der Waals surface area contributed by atoms with Crippen molar-refractivity contribution in [2.75, 3.05) is 11.9 Å². The lowest BCUT2D eigenvalue weighted by Gasteiger charge is -2.13. The summed E-state index contributed by atoms with van der Waals surface area (Å²) in [7, 11) is 0. The highest BCUT2D eigenvalue weighted by Gasteiger charge is 2.11. The number of nitrogens with zero attached hydrogens (tertiary/aromatic N) is 2. The molecule has 0 saturated heterocycles. The van der Waals surface area contributed by atoms with Gasteiger partial charge in [0.25, 0.3) is 5.91 Å². The van der Waals surface area contributed by atoms with E-state index in [-0.39, 0.29) is 23.1 Å². The molecule has 1 aromatic heterocycles. The van der Waals surface area contributed by atoms with Gasteiger partial charge in [0.15, 0.2) is 0 Å². The Kier molecular flexibility index (Phi) is 4.66. The first-order valence-corrected chi connectivity index (χ1v) is 6.34. The zero-order valence-electron chi connectivity index (χ0n) is 10.8. The fraction of sp³-hybridized carbons (Fsp3) is 0.154. The van der Waals surface area contributed by atoms with E-state index in [1.165, 1.54) is 24.5 Å². The molecule has 1 atom stereocenters. The van der Waals surface area contributed by atoms with Crippen LogP contribution in [-0.2, 0) is 0 Å². The lowest BCUT2D eigenvalue weighted by atomic mass is 10.1. The number of hydrogen-bond acceptors (Lipinski definition) is 5. The quantitative estimate of drug-likeness (QED) is 0.777. The number of benzene rings is 1. The predicted octanol–water partition coefficient (Wildman–Crippen LogP) is 1.51. The van der Waals surface area contributed by atoms with Crippen LogP contribution in [0.25, 0.3) is 0 Å². The van der Waals surface area contributed by atoms with Gasteiger partial charge in [-0.15, -0.1) is 0 Å². The second-order valence-corrected chi connectivity index (χ2v) is 4.63. The minimum Gasteiger partial charge on any atom is -0.387 e. The summed E-state index contributed by atoms with van der Waals surface area (Å²) >= 11 is 5.57. The Bertz CT molecular complexity index is 668.